The maximum absolute atomic E-state index is 5.53. The van der Waals surface area contributed by atoms with E-state index >= 15 is 0 Å². The number of aromatic nitrogens is 1. The van der Waals surface area contributed by atoms with Crippen LogP contribution in [0.5, 0.6) is 0 Å². The second kappa shape index (κ2) is 2.99. The van der Waals surface area contributed by atoms with E-state index in [9.17, 15) is 0 Å². The largest absolute Gasteiger partial charge is 0.298 e. The van der Waals surface area contributed by atoms with Gasteiger partial charge in [-0.2, -0.15) is 0 Å². The van der Waals surface area contributed by atoms with Gasteiger partial charge in [0.15, 0.2) is 0 Å². The predicted octanol–water partition coefficient (Wildman–Crippen LogP) is 2.80. The summed E-state index contributed by atoms with van der Waals surface area (Å²) in [6, 6.07) is 9.69. The van der Waals surface area contributed by atoms with E-state index in [4.69, 9.17) is 11.8 Å². The summed E-state index contributed by atoms with van der Waals surface area (Å²) in [5, 5.41) is 1.04. The van der Waals surface area contributed by atoms with Crippen molar-refractivity contribution < 1.29 is 0 Å². The van der Waals surface area contributed by atoms with E-state index in [1.54, 1.807) is 6.20 Å². The van der Waals surface area contributed by atoms with Crippen LogP contribution in [-0.4, -0.2) is 4.98 Å². The number of benzene rings is 1. The molecule has 0 fully saturated rings. The minimum atomic E-state index is 0.891. The van der Waals surface area contributed by atoms with Crippen LogP contribution in [0.15, 0.2) is 36.5 Å². The quantitative estimate of drug-likeness (QED) is 0.680. The van der Waals surface area contributed by atoms with Gasteiger partial charge >= 0.3 is 0 Å². The third-order valence-corrected chi connectivity index (χ3v) is 1.95. The molecule has 0 radical (unpaired) electrons. The minimum Gasteiger partial charge on any atom is -0.298 e. The van der Waals surface area contributed by atoms with Crippen molar-refractivity contribution in [2.75, 3.05) is 4.84 Å². The SMILES string of the molecule is ClNc1ccnc2ccccc12. The molecule has 0 aliphatic carbocycles. The van der Waals surface area contributed by atoms with E-state index < -0.39 is 0 Å². The van der Waals surface area contributed by atoms with Crippen molar-refractivity contribution in [1.82, 2.24) is 4.98 Å². The lowest BCUT2D eigenvalue weighted by molar-refractivity contribution is 1.41. The van der Waals surface area contributed by atoms with E-state index in [0.29, 0.717) is 0 Å². The Balaban J connectivity index is 2.79. The van der Waals surface area contributed by atoms with Gasteiger partial charge in [0.05, 0.1) is 11.2 Å². The molecule has 0 aliphatic rings. The van der Waals surface area contributed by atoms with Gasteiger partial charge in [-0.3, -0.25) is 9.82 Å². The zero-order valence-corrected chi connectivity index (χ0v) is 7.05. The lowest BCUT2D eigenvalue weighted by Gasteiger charge is -2.01. The molecule has 0 unspecified atom stereocenters. The average molecular weight is 179 g/mol. The molecule has 0 saturated carbocycles. The molecule has 2 rings (SSSR count). The molecular formula is C9H7ClN2. The van der Waals surface area contributed by atoms with Gasteiger partial charge < -0.3 is 0 Å². The second-order valence-electron chi connectivity index (χ2n) is 2.47. The number of para-hydroxylation sites is 1. The molecule has 0 amide bonds. The number of nitrogens with one attached hydrogen (secondary N) is 1. The molecule has 3 heteroatoms. The molecule has 0 atom stereocenters. The lowest BCUT2D eigenvalue weighted by Crippen LogP contribution is -1.84. The monoisotopic (exact) mass is 178 g/mol. The van der Waals surface area contributed by atoms with Gasteiger partial charge in [-0.25, -0.2) is 0 Å². The van der Waals surface area contributed by atoms with Crippen LogP contribution in [0.3, 0.4) is 0 Å². The van der Waals surface area contributed by atoms with Gasteiger partial charge in [0, 0.05) is 23.4 Å². The summed E-state index contributed by atoms with van der Waals surface area (Å²) in [5.74, 6) is 0. The van der Waals surface area contributed by atoms with E-state index in [0.717, 1.165) is 16.6 Å². The molecule has 0 bridgehead atoms. The van der Waals surface area contributed by atoms with Crippen LogP contribution in [0.25, 0.3) is 10.9 Å². The smallest absolute Gasteiger partial charge is 0.0723 e. The lowest BCUT2D eigenvalue weighted by atomic mass is 10.2. The van der Waals surface area contributed by atoms with Gasteiger partial charge in [0.25, 0.3) is 0 Å². The van der Waals surface area contributed by atoms with Crippen molar-refractivity contribution in [3.05, 3.63) is 36.5 Å². The fourth-order valence-electron chi connectivity index (χ4n) is 1.18. The van der Waals surface area contributed by atoms with Crippen molar-refractivity contribution in [3.63, 3.8) is 0 Å². The van der Waals surface area contributed by atoms with Crippen molar-refractivity contribution in [2.45, 2.75) is 0 Å². The Morgan fingerprint density at radius 1 is 1.17 bits per heavy atom. The number of hydrogen-bond donors (Lipinski definition) is 1. The van der Waals surface area contributed by atoms with Crippen molar-refractivity contribution >= 4 is 28.4 Å². The maximum atomic E-state index is 5.53. The summed E-state index contributed by atoms with van der Waals surface area (Å²) in [7, 11) is 0. The van der Waals surface area contributed by atoms with E-state index in [1.165, 1.54) is 0 Å². The third kappa shape index (κ3) is 1.10. The second-order valence-corrected chi connectivity index (χ2v) is 2.66. The summed E-state index contributed by atoms with van der Waals surface area (Å²) in [6.07, 6.45) is 1.73. The molecule has 12 heavy (non-hydrogen) atoms. The molecule has 2 nitrogen and oxygen atoms in total. The Hall–Kier alpha value is -1.28. The van der Waals surface area contributed by atoms with Crippen LogP contribution in [0.2, 0.25) is 0 Å². The van der Waals surface area contributed by atoms with Crippen LogP contribution in [-0.2, 0) is 0 Å². The average Bonchev–Trinajstić information content (AvgIpc) is 2.17. The summed E-state index contributed by atoms with van der Waals surface area (Å²) in [6.45, 7) is 0. The first-order chi connectivity index (χ1) is 5.92. The fourth-order valence-corrected chi connectivity index (χ4v) is 1.34. The van der Waals surface area contributed by atoms with Gasteiger partial charge in [0.1, 0.15) is 0 Å². The van der Waals surface area contributed by atoms with Crippen molar-refractivity contribution in [2.24, 2.45) is 0 Å². The molecule has 0 saturated heterocycles. The summed E-state index contributed by atoms with van der Waals surface area (Å²) in [4.78, 5) is 6.79. The van der Waals surface area contributed by atoms with E-state index in [2.05, 4.69) is 9.82 Å². The minimum absolute atomic E-state index is 0.891. The third-order valence-electron chi connectivity index (χ3n) is 1.75. The number of halogens is 1. The molecular weight excluding hydrogens is 172 g/mol. The molecule has 60 valence electrons. The van der Waals surface area contributed by atoms with Crippen LogP contribution in [0.4, 0.5) is 5.69 Å². The predicted molar refractivity (Wildman–Crippen MR) is 51.2 cm³/mol. The topological polar surface area (TPSA) is 24.9 Å². The van der Waals surface area contributed by atoms with Crippen LogP contribution in [0, 0.1) is 0 Å². The Morgan fingerprint density at radius 3 is 2.83 bits per heavy atom. The number of rotatable bonds is 1. The molecule has 1 heterocycles. The van der Waals surface area contributed by atoms with Gasteiger partial charge in [-0.05, 0) is 12.1 Å². The number of anilines is 1. The van der Waals surface area contributed by atoms with Gasteiger partial charge in [0.2, 0.25) is 0 Å². The molecule has 0 aliphatic heterocycles. The zero-order chi connectivity index (χ0) is 8.39. The number of nitrogens with zero attached hydrogens (tertiary/aromatic N) is 1. The van der Waals surface area contributed by atoms with E-state index in [1.807, 2.05) is 30.3 Å². The summed E-state index contributed by atoms with van der Waals surface area (Å²) in [5.41, 5.74) is 1.84. The summed E-state index contributed by atoms with van der Waals surface area (Å²) < 4.78 is 0. The highest BCUT2D eigenvalue weighted by atomic mass is 35.5. The van der Waals surface area contributed by atoms with Crippen molar-refractivity contribution in [3.8, 4) is 0 Å². The standard InChI is InChI=1S/C9H7ClN2/c10-12-9-5-6-11-8-4-2-1-3-7(8)9/h1-6H,(H,11,12). The first-order valence-electron chi connectivity index (χ1n) is 3.62. The van der Waals surface area contributed by atoms with Gasteiger partial charge in [-0.15, -0.1) is 0 Å². The van der Waals surface area contributed by atoms with Gasteiger partial charge in [-0.1, -0.05) is 18.2 Å². The van der Waals surface area contributed by atoms with Crippen molar-refractivity contribution in [1.29, 1.82) is 0 Å². The fraction of sp³-hybridized carbons (Fsp3) is 0. The van der Waals surface area contributed by atoms with Crippen LogP contribution < -0.4 is 4.84 Å². The highest BCUT2D eigenvalue weighted by Crippen LogP contribution is 2.20. The maximum Gasteiger partial charge on any atom is 0.0723 e. The molecule has 2 aromatic rings. The molecule has 0 spiro atoms. The van der Waals surface area contributed by atoms with E-state index in [-0.39, 0.29) is 0 Å². The Bertz CT molecular complexity index is 395. The number of pyridine rings is 1. The highest BCUT2D eigenvalue weighted by molar-refractivity contribution is 6.25. The summed E-state index contributed by atoms with van der Waals surface area (Å²) >= 11 is 5.53. The normalized spacial score (nSPS) is 10.1. The number of fused-ring (bicyclic) bond motifs is 1. The Labute approximate surface area is 75.3 Å². The first-order valence-corrected chi connectivity index (χ1v) is 4.00. The van der Waals surface area contributed by atoms with Crippen LogP contribution >= 0.6 is 11.8 Å². The zero-order valence-electron chi connectivity index (χ0n) is 6.29. The molecule has 1 aromatic heterocycles. The Kier molecular flexibility index (Phi) is 1.84. The highest BCUT2D eigenvalue weighted by Gasteiger charge is 1.97. The first kappa shape index (κ1) is 7.37. The molecule has 1 N–H and O–H groups in total. The van der Waals surface area contributed by atoms with Crippen LogP contribution in [0.1, 0.15) is 0 Å². The Morgan fingerprint density at radius 2 is 2.00 bits per heavy atom. The number of hydrogen-bond acceptors (Lipinski definition) is 2. The molecule has 1 aromatic carbocycles.